The minimum atomic E-state index is -0.241. The normalized spacial score (nSPS) is 19.9. The third-order valence-corrected chi connectivity index (χ3v) is 5.76. The van der Waals surface area contributed by atoms with Crippen LogP contribution in [0.15, 0.2) is 36.4 Å². The Kier molecular flexibility index (Phi) is 5.18. The van der Waals surface area contributed by atoms with Crippen LogP contribution in [-0.4, -0.2) is 37.5 Å². The molecule has 29 heavy (non-hydrogen) atoms. The molecule has 0 bridgehead atoms. The van der Waals surface area contributed by atoms with E-state index in [0.29, 0.717) is 31.0 Å². The van der Waals surface area contributed by atoms with E-state index >= 15 is 0 Å². The molecule has 1 N–H and O–H groups in total. The Balaban J connectivity index is 1.39. The van der Waals surface area contributed by atoms with Crippen molar-refractivity contribution in [1.82, 2.24) is 4.90 Å². The van der Waals surface area contributed by atoms with Crippen LogP contribution in [0.4, 0.5) is 5.69 Å². The lowest BCUT2D eigenvalue weighted by Gasteiger charge is -2.30. The fourth-order valence-corrected chi connectivity index (χ4v) is 4.02. The molecule has 2 atom stereocenters. The van der Waals surface area contributed by atoms with Crippen molar-refractivity contribution in [3.63, 3.8) is 0 Å². The van der Waals surface area contributed by atoms with Crippen LogP contribution in [0.1, 0.15) is 23.1 Å². The Bertz CT molecular complexity index is 956. The second-order valence-electron chi connectivity index (χ2n) is 7.79. The minimum Gasteiger partial charge on any atom is -0.493 e. The second-order valence-corrected chi connectivity index (χ2v) is 7.79. The van der Waals surface area contributed by atoms with E-state index in [1.54, 1.807) is 14.2 Å². The predicted molar refractivity (Wildman–Crippen MR) is 110 cm³/mol. The number of amides is 2. The molecule has 2 aromatic carbocycles. The molecule has 1 aliphatic carbocycles. The van der Waals surface area contributed by atoms with E-state index in [9.17, 15) is 9.59 Å². The van der Waals surface area contributed by atoms with Crippen molar-refractivity contribution in [2.24, 2.45) is 11.8 Å². The Morgan fingerprint density at radius 3 is 2.45 bits per heavy atom. The molecule has 152 valence electrons. The molecule has 6 nitrogen and oxygen atoms in total. The van der Waals surface area contributed by atoms with Crippen molar-refractivity contribution < 1.29 is 19.1 Å². The molecule has 0 aromatic heterocycles. The van der Waals surface area contributed by atoms with Crippen LogP contribution in [0.3, 0.4) is 0 Å². The van der Waals surface area contributed by atoms with E-state index < -0.39 is 0 Å². The molecule has 1 fully saturated rings. The average molecular weight is 394 g/mol. The number of benzene rings is 2. The second kappa shape index (κ2) is 7.78. The van der Waals surface area contributed by atoms with Crippen LogP contribution in [0.2, 0.25) is 0 Å². The lowest BCUT2D eigenvalue weighted by atomic mass is 9.98. The van der Waals surface area contributed by atoms with Gasteiger partial charge in [-0.3, -0.25) is 9.59 Å². The first-order chi connectivity index (χ1) is 14.0. The summed E-state index contributed by atoms with van der Waals surface area (Å²) in [5, 5.41) is 2.94. The number of fused-ring (bicyclic) bond motifs is 1. The summed E-state index contributed by atoms with van der Waals surface area (Å²) in [6, 6.07) is 11.6. The molecular weight excluding hydrogens is 368 g/mol. The molecule has 1 heterocycles. The first kappa shape index (κ1) is 19.3. The van der Waals surface area contributed by atoms with Crippen molar-refractivity contribution >= 4 is 17.5 Å². The van der Waals surface area contributed by atoms with E-state index in [0.717, 1.165) is 23.2 Å². The molecule has 4 rings (SSSR count). The Hall–Kier alpha value is -3.02. The van der Waals surface area contributed by atoms with E-state index in [4.69, 9.17) is 9.47 Å². The highest BCUT2D eigenvalue weighted by Gasteiger charge is 2.49. The van der Waals surface area contributed by atoms with Gasteiger partial charge in [-0.2, -0.15) is 0 Å². The van der Waals surface area contributed by atoms with Gasteiger partial charge in [0.1, 0.15) is 0 Å². The van der Waals surface area contributed by atoms with Crippen molar-refractivity contribution in [1.29, 1.82) is 0 Å². The maximum absolute atomic E-state index is 13.0. The standard InChI is InChI=1S/C23H26N2O4/c1-14-5-4-6-17(9-14)24-22(26)18-12-19(18)23(27)25-8-7-15-10-20(28-2)21(29-3)11-16(15)13-25/h4-6,9-11,18-19H,7-8,12-13H2,1-3H3,(H,24,26). The number of methoxy groups -OCH3 is 2. The van der Waals surface area contributed by atoms with Gasteiger partial charge in [-0.05, 0) is 60.7 Å². The SMILES string of the molecule is COc1cc2c(cc1OC)CN(C(=O)C1CC1C(=O)Nc1cccc(C)c1)CC2. The van der Waals surface area contributed by atoms with Crippen LogP contribution in [0.5, 0.6) is 11.5 Å². The smallest absolute Gasteiger partial charge is 0.228 e. The molecule has 2 aliphatic rings. The summed E-state index contributed by atoms with van der Waals surface area (Å²) in [5.74, 6) is 0.910. The van der Waals surface area contributed by atoms with Gasteiger partial charge < -0.3 is 19.7 Å². The van der Waals surface area contributed by atoms with E-state index in [1.807, 2.05) is 48.2 Å². The van der Waals surface area contributed by atoms with E-state index in [2.05, 4.69) is 5.32 Å². The number of carbonyl (C=O) groups is 2. The molecule has 6 heteroatoms. The number of aryl methyl sites for hydroxylation is 1. The van der Waals surface area contributed by atoms with Crippen LogP contribution >= 0.6 is 0 Å². The summed E-state index contributed by atoms with van der Waals surface area (Å²) in [5.41, 5.74) is 4.12. The first-order valence-corrected chi connectivity index (χ1v) is 9.90. The largest absolute Gasteiger partial charge is 0.493 e. The lowest BCUT2D eigenvalue weighted by molar-refractivity contribution is -0.135. The predicted octanol–water partition coefficient (Wildman–Crippen LogP) is 3.17. The van der Waals surface area contributed by atoms with Crippen molar-refractivity contribution in [3.05, 3.63) is 53.1 Å². The van der Waals surface area contributed by atoms with Gasteiger partial charge in [0.05, 0.1) is 26.1 Å². The maximum atomic E-state index is 13.0. The van der Waals surface area contributed by atoms with Gasteiger partial charge in [0, 0.05) is 18.8 Å². The molecule has 1 aliphatic heterocycles. The average Bonchev–Trinajstić information content (AvgIpc) is 3.52. The summed E-state index contributed by atoms with van der Waals surface area (Å²) >= 11 is 0. The molecule has 0 radical (unpaired) electrons. The van der Waals surface area contributed by atoms with Crippen LogP contribution in [0, 0.1) is 18.8 Å². The summed E-state index contributed by atoms with van der Waals surface area (Å²) in [4.78, 5) is 27.3. The van der Waals surface area contributed by atoms with Crippen molar-refractivity contribution in [3.8, 4) is 11.5 Å². The molecular formula is C23H26N2O4. The number of rotatable bonds is 5. The molecule has 0 spiro atoms. The van der Waals surface area contributed by atoms with Crippen LogP contribution in [-0.2, 0) is 22.6 Å². The van der Waals surface area contributed by atoms with Gasteiger partial charge >= 0.3 is 0 Å². The number of ether oxygens (including phenoxy) is 2. The van der Waals surface area contributed by atoms with Gasteiger partial charge in [-0.1, -0.05) is 12.1 Å². The summed E-state index contributed by atoms with van der Waals surface area (Å²) in [6.45, 7) is 3.18. The van der Waals surface area contributed by atoms with Gasteiger partial charge in [0.2, 0.25) is 11.8 Å². The third-order valence-electron chi connectivity index (χ3n) is 5.76. The maximum Gasteiger partial charge on any atom is 0.228 e. The van der Waals surface area contributed by atoms with E-state index in [1.165, 1.54) is 5.56 Å². The van der Waals surface area contributed by atoms with E-state index in [-0.39, 0.29) is 23.7 Å². The minimum absolute atomic E-state index is 0.0647. The highest BCUT2D eigenvalue weighted by molar-refractivity contribution is 5.99. The van der Waals surface area contributed by atoms with Crippen molar-refractivity contribution in [2.45, 2.75) is 26.3 Å². The first-order valence-electron chi connectivity index (χ1n) is 9.90. The summed E-state index contributed by atoms with van der Waals surface area (Å²) < 4.78 is 10.8. The molecule has 0 saturated heterocycles. The fourth-order valence-electron chi connectivity index (χ4n) is 4.02. The zero-order valence-corrected chi connectivity index (χ0v) is 17.0. The number of hydrogen-bond donors (Lipinski definition) is 1. The number of carbonyl (C=O) groups excluding carboxylic acids is 2. The fraction of sp³-hybridized carbons (Fsp3) is 0.391. The molecule has 2 aromatic rings. The van der Waals surface area contributed by atoms with Gasteiger partial charge in [0.25, 0.3) is 0 Å². The Labute approximate surface area is 170 Å². The number of nitrogens with one attached hydrogen (secondary N) is 1. The van der Waals surface area contributed by atoms with Crippen LogP contribution in [0.25, 0.3) is 0 Å². The Morgan fingerprint density at radius 2 is 1.76 bits per heavy atom. The van der Waals surface area contributed by atoms with Crippen molar-refractivity contribution in [2.75, 3.05) is 26.1 Å². The molecule has 2 unspecified atom stereocenters. The van der Waals surface area contributed by atoms with Crippen LogP contribution < -0.4 is 14.8 Å². The highest BCUT2D eigenvalue weighted by atomic mass is 16.5. The van der Waals surface area contributed by atoms with Gasteiger partial charge in [0.15, 0.2) is 11.5 Å². The topological polar surface area (TPSA) is 67.9 Å². The monoisotopic (exact) mass is 394 g/mol. The lowest BCUT2D eigenvalue weighted by Crippen LogP contribution is -2.37. The zero-order valence-electron chi connectivity index (χ0n) is 17.0. The number of hydrogen-bond acceptors (Lipinski definition) is 4. The quantitative estimate of drug-likeness (QED) is 0.846. The molecule has 1 saturated carbocycles. The van der Waals surface area contributed by atoms with Gasteiger partial charge in [-0.25, -0.2) is 0 Å². The number of nitrogens with zero attached hydrogens (tertiary/aromatic N) is 1. The molecule has 2 amide bonds. The number of anilines is 1. The van der Waals surface area contributed by atoms with Gasteiger partial charge in [-0.15, -0.1) is 0 Å². The third kappa shape index (κ3) is 3.92. The summed E-state index contributed by atoms with van der Waals surface area (Å²) in [7, 11) is 3.23. The zero-order chi connectivity index (χ0) is 20.5. The highest BCUT2D eigenvalue weighted by Crippen LogP contribution is 2.42. The Morgan fingerprint density at radius 1 is 1.03 bits per heavy atom. The summed E-state index contributed by atoms with van der Waals surface area (Å²) in [6.07, 6.45) is 1.39.